The molecule has 0 amide bonds. The van der Waals surface area contributed by atoms with E-state index in [-0.39, 0.29) is 0 Å². The van der Waals surface area contributed by atoms with Crippen LogP contribution in [0.3, 0.4) is 0 Å². The van der Waals surface area contributed by atoms with Crippen LogP contribution in [0.25, 0.3) is 0 Å². The molecule has 10 heavy (non-hydrogen) atoms. The van der Waals surface area contributed by atoms with Crippen LogP contribution in [-0.4, -0.2) is 34.5 Å². The van der Waals surface area contributed by atoms with E-state index < -0.39 is 0 Å². The molecule has 0 aliphatic heterocycles. The zero-order valence-corrected chi connectivity index (χ0v) is 9.22. The summed E-state index contributed by atoms with van der Waals surface area (Å²) in [5, 5.41) is 10.8. The van der Waals surface area contributed by atoms with Crippen LogP contribution in [0.1, 0.15) is 20.3 Å². The highest BCUT2D eigenvalue weighted by atomic mass is 28.1. The number of methoxy groups -OCH3 is 1. The van der Waals surface area contributed by atoms with Gasteiger partial charge in [-0.3, -0.25) is 0 Å². The van der Waals surface area contributed by atoms with Crippen molar-refractivity contribution in [1.82, 2.24) is 0 Å². The van der Waals surface area contributed by atoms with Crippen molar-refractivity contribution in [2.24, 2.45) is 5.16 Å². The predicted octanol–water partition coefficient (Wildman–Crippen LogP) is 0.202. The standard InChI is InChI=1S/C4H9NO.C2H8OSi/c1-3-4(2)5-6;1-3-2-4/h6H,3H2,1-2H3;2H2,1,4H3. The van der Waals surface area contributed by atoms with Gasteiger partial charge in [0.05, 0.1) is 5.71 Å². The Hall–Kier alpha value is -0.353. The minimum absolute atomic E-state index is 0.773. The molecule has 1 N–H and O–H groups in total. The Bertz CT molecular complexity index is 83.8. The molecule has 62 valence electrons. The maximum Gasteiger partial charge on any atom is 0.0537 e. The summed E-state index contributed by atoms with van der Waals surface area (Å²) in [6.07, 6.45) is 1.79. The van der Waals surface area contributed by atoms with Gasteiger partial charge in [-0.05, 0) is 13.3 Å². The van der Waals surface area contributed by atoms with E-state index in [0.29, 0.717) is 0 Å². The maximum absolute atomic E-state index is 7.92. The number of ether oxygens (including phenoxy) is 1. The van der Waals surface area contributed by atoms with Gasteiger partial charge < -0.3 is 9.94 Å². The van der Waals surface area contributed by atoms with E-state index in [1.54, 1.807) is 14.0 Å². The smallest absolute Gasteiger partial charge is 0.0537 e. The molecular formula is C6H17NO2Si. The second kappa shape index (κ2) is 11.4. The topological polar surface area (TPSA) is 41.8 Å². The summed E-state index contributed by atoms with van der Waals surface area (Å²) in [5.74, 6) is 0. The summed E-state index contributed by atoms with van der Waals surface area (Å²) >= 11 is 0. The van der Waals surface area contributed by atoms with Crippen LogP contribution in [0, 0.1) is 0 Å². The molecule has 4 heteroatoms. The second-order valence-corrected chi connectivity index (χ2v) is 2.34. The Labute approximate surface area is 65.5 Å². The van der Waals surface area contributed by atoms with Gasteiger partial charge in [0.25, 0.3) is 0 Å². The van der Waals surface area contributed by atoms with E-state index in [1.807, 2.05) is 6.92 Å². The van der Waals surface area contributed by atoms with E-state index in [2.05, 4.69) is 9.89 Å². The zero-order valence-electron chi connectivity index (χ0n) is 7.22. The Morgan fingerprint density at radius 2 is 2.10 bits per heavy atom. The lowest BCUT2D eigenvalue weighted by atomic mass is 10.3. The fourth-order valence-corrected chi connectivity index (χ4v) is 0.0707. The van der Waals surface area contributed by atoms with Crippen molar-refractivity contribution in [2.75, 3.05) is 13.3 Å². The summed E-state index contributed by atoms with van der Waals surface area (Å²) in [6.45, 7) is 3.72. The first kappa shape index (κ1) is 12.3. The lowest BCUT2D eigenvalue weighted by Crippen LogP contribution is -1.83. The van der Waals surface area contributed by atoms with Crippen LogP contribution in [-0.2, 0) is 4.74 Å². The van der Waals surface area contributed by atoms with Crippen LogP contribution in [0.2, 0.25) is 0 Å². The second-order valence-electron chi connectivity index (χ2n) is 1.77. The van der Waals surface area contributed by atoms with Gasteiger partial charge >= 0.3 is 0 Å². The van der Waals surface area contributed by atoms with Crippen LogP contribution in [0.4, 0.5) is 0 Å². The highest BCUT2D eigenvalue weighted by Gasteiger charge is 1.77. The van der Waals surface area contributed by atoms with Gasteiger partial charge in [-0.2, -0.15) is 0 Å². The van der Waals surface area contributed by atoms with E-state index >= 15 is 0 Å². The fourth-order valence-electron chi connectivity index (χ4n) is 0.0707. The maximum atomic E-state index is 7.92. The molecule has 0 aliphatic carbocycles. The summed E-state index contributed by atoms with van der Waals surface area (Å²) in [7, 11) is 2.88. The van der Waals surface area contributed by atoms with Gasteiger partial charge in [-0.1, -0.05) is 12.1 Å². The molecule has 0 rings (SSSR count). The third kappa shape index (κ3) is 15.6. The molecule has 0 saturated heterocycles. The molecule has 0 bridgehead atoms. The van der Waals surface area contributed by atoms with E-state index in [4.69, 9.17) is 5.21 Å². The third-order valence-electron chi connectivity index (χ3n) is 0.971. The third-order valence-corrected chi connectivity index (χ3v) is 1.55. The van der Waals surface area contributed by atoms with E-state index in [9.17, 15) is 0 Å². The normalized spacial score (nSPS) is 10.5. The Morgan fingerprint density at radius 3 is 2.10 bits per heavy atom. The van der Waals surface area contributed by atoms with Crippen molar-refractivity contribution < 1.29 is 9.94 Å². The molecule has 0 aromatic heterocycles. The van der Waals surface area contributed by atoms with Crippen LogP contribution < -0.4 is 0 Å². The minimum atomic E-state index is 0.773. The largest absolute Gasteiger partial charge is 0.411 e. The van der Waals surface area contributed by atoms with Gasteiger partial charge in [0.15, 0.2) is 0 Å². The number of hydrogen-bond donors (Lipinski definition) is 1. The van der Waals surface area contributed by atoms with Crippen molar-refractivity contribution in [1.29, 1.82) is 0 Å². The summed E-state index contributed by atoms with van der Waals surface area (Å²) in [6, 6.07) is 0. The first-order valence-corrected chi connectivity index (χ1v) is 4.80. The Balaban J connectivity index is 0. The van der Waals surface area contributed by atoms with Crippen molar-refractivity contribution >= 4 is 16.0 Å². The van der Waals surface area contributed by atoms with Crippen molar-refractivity contribution in [2.45, 2.75) is 20.3 Å². The minimum Gasteiger partial charge on any atom is -0.411 e. The molecule has 0 aliphatic rings. The number of oxime groups is 1. The number of hydrogen-bond acceptors (Lipinski definition) is 3. The molecule has 0 saturated carbocycles. The first-order chi connectivity index (χ1) is 4.72. The van der Waals surface area contributed by atoms with Crippen LogP contribution in [0.15, 0.2) is 5.16 Å². The molecule has 0 aromatic rings. The monoisotopic (exact) mass is 163 g/mol. The molecule has 3 nitrogen and oxygen atoms in total. The molecule has 0 heterocycles. The lowest BCUT2D eigenvalue weighted by molar-refractivity contribution is 0.254. The zero-order chi connectivity index (χ0) is 8.41. The predicted molar refractivity (Wildman–Crippen MR) is 47.0 cm³/mol. The fraction of sp³-hybridized carbons (Fsp3) is 0.833. The van der Waals surface area contributed by atoms with E-state index in [1.165, 1.54) is 10.2 Å². The summed E-state index contributed by atoms with van der Waals surface area (Å²) in [4.78, 5) is 0. The quantitative estimate of drug-likeness (QED) is 0.273. The first-order valence-electron chi connectivity index (χ1n) is 3.39. The van der Waals surface area contributed by atoms with Crippen LogP contribution in [0.5, 0.6) is 0 Å². The van der Waals surface area contributed by atoms with Crippen LogP contribution >= 0.6 is 0 Å². The molecule has 0 unspecified atom stereocenters. The molecule has 0 fully saturated rings. The highest BCUT2D eigenvalue weighted by Crippen LogP contribution is 1.78. The van der Waals surface area contributed by atoms with Gasteiger partial charge in [0, 0.05) is 23.6 Å². The van der Waals surface area contributed by atoms with Gasteiger partial charge in [0.2, 0.25) is 0 Å². The average Bonchev–Trinajstić information content (AvgIpc) is 2.03. The Morgan fingerprint density at radius 1 is 1.70 bits per heavy atom. The Kier molecular flexibility index (Phi) is 14.1. The highest BCUT2D eigenvalue weighted by molar-refractivity contribution is 6.08. The van der Waals surface area contributed by atoms with Crippen molar-refractivity contribution in [3.63, 3.8) is 0 Å². The number of rotatable bonds is 2. The average molecular weight is 163 g/mol. The van der Waals surface area contributed by atoms with Crippen molar-refractivity contribution in [3.8, 4) is 0 Å². The molecular weight excluding hydrogens is 146 g/mol. The van der Waals surface area contributed by atoms with E-state index in [0.717, 1.165) is 18.4 Å². The lowest BCUT2D eigenvalue weighted by Gasteiger charge is -1.81. The molecule has 0 spiro atoms. The molecule has 0 radical (unpaired) electrons. The van der Waals surface area contributed by atoms with Gasteiger partial charge in [-0.25, -0.2) is 0 Å². The molecule has 0 aromatic carbocycles. The van der Waals surface area contributed by atoms with Gasteiger partial charge in [0.1, 0.15) is 0 Å². The van der Waals surface area contributed by atoms with Gasteiger partial charge in [-0.15, -0.1) is 0 Å². The van der Waals surface area contributed by atoms with Crippen molar-refractivity contribution in [3.05, 3.63) is 0 Å². The SMILES string of the molecule is CCC(C)=NO.COC[SiH3]. The molecule has 0 atom stereocenters. The summed E-state index contributed by atoms with van der Waals surface area (Å²) in [5.41, 5.74) is 0.773. The number of nitrogens with zero attached hydrogens (tertiary/aromatic N) is 1. The summed E-state index contributed by atoms with van der Waals surface area (Å²) < 4.78 is 4.60.